The lowest BCUT2D eigenvalue weighted by Crippen LogP contribution is -2.08. The van der Waals surface area contributed by atoms with Crippen LogP contribution in [0.2, 0.25) is 0 Å². The Morgan fingerprint density at radius 2 is 1.89 bits per heavy atom. The van der Waals surface area contributed by atoms with Gasteiger partial charge in [0.1, 0.15) is 0 Å². The zero-order valence-electron chi connectivity index (χ0n) is 9.90. The van der Waals surface area contributed by atoms with E-state index in [0.29, 0.717) is 6.54 Å². The van der Waals surface area contributed by atoms with Crippen LogP contribution in [-0.2, 0) is 6.54 Å². The Morgan fingerprint density at radius 1 is 1.06 bits per heavy atom. The van der Waals surface area contributed by atoms with Gasteiger partial charge in [0.15, 0.2) is 0 Å². The third-order valence-corrected chi connectivity index (χ3v) is 3.08. The summed E-state index contributed by atoms with van der Waals surface area (Å²) in [5.41, 5.74) is 0.921. The summed E-state index contributed by atoms with van der Waals surface area (Å²) in [6, 6.07) is 16.0. The first-order chi connectivity index (χ1) is 8.83. The van der Waals surface area contributed by atoms with Gasteiger partial charge in [0.25, 0.3) is 0 Å². The molecule has 0 spiro atoms. The third kappa shape index (κ3) is 2.13. The van der Waals surface area contributed by atoms with E-state index < -0.39 is 6.10 Å². The highest BCUT2D eigenvalue weighted by Crippen LogP contribution is 2.21. The predicted molar refractivity (Wildman–Crippen MR) is 71.1 cm³/mol. The molecule has 0 aliphatic carbocycles. The minimum Gasteiger partial charge on any atom is -0.386 e. The molecule has 3 rings (SSSR count). The second-order valence-corrected chi connectivity index (χ2v) is 4.35. The normalized spacial score (nSPS) is 12.7. The fraction of sp³-hybridized carbons (Fsp3) is 0.133. The second-order valence-electron chi connectivity index (χ2n) is 4.35. The topological polar surface area (TPSA) is 38.0 Å². The number of fused-ring (bicyclic) bond motifs is 1. The Morgan fingerprint density at radius 3 is 2.67 bits per heavy atom. The van der Waals surface area contributed by atoms with Gasteiger partial charge in [-0.15, -0.1) is 0 Å². The molecule has 3 aromatic rings. The Labute approximate surface area is 105 Å². The summed E-state index contributed by atoms with van der Waals surface area (Å²) in [6.45, 7) is 0.478. The highest BCUT2D eigenvalue weighted by molar-refractivity contribution is 5.83. The molecule has 0 saturated carbocycles. The zero-order valence-corrected chi connectivity index (χ0v) is 9.90. The lowest BCUT2D eigenvalue weighted by Gasteiger charge is -2.12. The van der Waals surface area contributed by atoms with Gasteiger partial charge < -0.3 is 5.11 Å². The Bertz CT molecular complexity index is 646. The van der Waals surface area contributed by atoms with E-state index in [0.717, 1.165) is 10.9 Å². The van der Waals surface area contributed by atoms with Gasteiger partial charge in [-0.3, -0.25) is 4.68 Å². The molecule has 0 amide bonds. The van der Waals surface area contributed by atoms with Gasteiger partial charge >= 0.3 is 0 Å². The summed E-state index contributed by atoms with van der Waals surface area (Å²) in [7, 11) is 0. The zero-order chi connectivity index (χ0) is 12.4. The molecule has 0 radical (unpaired) electrons. The maximum atomic E-state index is 10.2. The second kappa shape index (κ2) is 4.63. The minimum absolute atomic E-state index is 0.478. The molecular formula is C15H14N2O. The van der Waals surface area contributed by atoms with Gasteiger partial charge in [-0.1, -0.05) is 36.4 Å². The first-order valence-electron chi connectivity index (χ1n) is 5.97. The Kier molecular flexibility index (Phi) is 2.82. The molecule has 0 fully saturated rings. The van der Waals surface area contributed by atoms with Crippen LogP contribution in [0.4, 0.5) is 0 Å². The van der Waals surface area contributed by atoms with Crippen molar-refractivity contribution in [2.45, 2.75) is 12.6 Å². The van der Waals surface area contributed by atoms with E-state index >= 15 is 0 Å². The quantitative estimate of drug-likeness (QED) is 0.762. The molecule has 3 nitrogen and oxygen atoms in total. The van der Waals surface area contributed by atoms with Crippen LogP contribution in [0.1, 0.15) is 11.7 Å². The fourth-order valence-electron chi connectivity index (χ4n) is 2.11. The Balaban J connectivity index is 1.89. The maximum absolute atomic E-state index is 10.2. The van der Waals surface area contributed by atoms with Crippen LogP contribution < -0.4 is 0 Å². The number of benzene rings is 2. The van der Waals surface area contributed by atoms with Crippen molar-refractivity contribution in [2.24, 2.45) is 0 Å². The molecule has 0 unspecified atom stereocenters. The molecule has 3 heteroatoms. The third-order valence-electron chi connectivity index (χ3n) is 3.08. The van der Waals surface area contributed by atoms with Crippen molar-refractivity contribution in [3.63, 3.8) is 0 Å². The predicted octanol–water partition coefficient (Wildman–Crippen LogP) is 2.77. The number of hydrogen-bond donors (Lipinski definition) is 1. The lowest BCUT2D eigenvalue weighted by atomic mass is 10.0. The van der Waals surface area contributed by atoms with Crippen LogP contribution in [0, 0.1) is 0 Å². The van der Waals surface area contributed by atoms with Crippen LogP contribution in [-0.4, -0.2) is 14.9 Å². The molecule has 0 saturated heterocycles. The molecule has 1 N–H and O–H groups in total. The summed E-state index contributed by atoms with van der Waals surface area (Å²) in [5, 5.41) is 16.6. The minimum atomic E-state index is -0.533. The summed E-state index contributed by atoms with van der Waals surface area (Å²) in [6.07, 6.45) is 3.03. The number of rotatable bonds is 3. The van der Waals surface area contributed by atoms with Crippen LogP contribution in [0.15, 0.2) is 60.9 Å². The lowest BCUT2D eigenvalue weighted by molar-refractivity contribution is 0.151. The molecule has 0 aliphatic rings. The molecule has 18 heavy (non-hydrogen) atoms. The van der Waals surface area contributed by atoms with E-state index in [2.05, 4.69) is 17.2 Å². The van der Waals surface area contributed by atoms with Crippen LogP contribution in [0.5, 0.6) is 0 Å². The molecule has 2 aromatic carbocycles. The van der Waals surface area contributed by atoms with Crippen LogP contribution in [0.3, 0.4) is 0 Å². The van der Waals surface area contributed by atoms with Gasteiger partial charge in [0, 0.05) is 12.4 Å². The molecule has 0 aliphatic heterocycles. The molecule has 1 heterocycles. The average molecular weight is 238 g/mol. The number of aliphatic hydroxyl groups excluding tert-OH is 1. The van der Waals surface area contributed by atoms with Crippen molar-refractivity contribution < 1.29 is 5.11 Å². The van der Waals surface area contributed by atoms with Gasteiger partial charge in [-0.05, 0) is 28.5 Å². The van der Waals surface area contributed by atoms with E-state index in [1.165, 1.54) is 5.39 Å². The first-order valence-corrected chi connectivity index (χ1v) is 5.97. The standard InChI is InChI=1S/C15H14N2O/c18-15(11-17-9-3-8-16-17)14-7-6-12-4-1-2-5-13(12)10-14/h1-10,15,18H,11H2/t15-/m1/s1. The van der Waals surface area contributed by atoms with Crippen molar-refractivity contribution in [3.05, 3.63) is 66.5 Å². The van der Waals surface area contributed by atoms with Crippen LogP contribution in [0.25, 0.3) is 10.8 Å². The van der Waals surface area contributed by atoms with Crippen LogP contribution >= 0.6 is 0 Å². The number of aliphatic hydroxyl groups is 1. The molecular weight excluding hydrogens is 224 g/mol. The van der Waals surface area contributed by atoms with Crippen molar-refractivity contribution >= 4 is 10.8 Å². The number of nitrogens with zero attached hydrogens (tertiary/aromatic N) is 2. The monoisotopic (exact) mass is 238 g/mol. The average Bonchev–Trinajstić information content (AvgIpc) is 2.91. The number of aromatic nitrogens is 2. The smallest absolute Gasteiger partial charge is 0.0986 e. The van der Waals surface area contributed by atoms with E-state index in [9.17, 15) is 5.11 Å². The van der Waals surface area contributed by atoms with E-state index in [1.54, 1.807) is 10.9 Å². The largest absolute Gasteiger partial charge is 0.386 e. The fourth-order valence-corrected chi connectivity index (χ4v) is 2.11. The summed E-state index contributed by atoms with van der Waals surface area (Å²) in [4.78, 5) is 0. The van der Waals surface area contributed by atoms with Crippen molar-refractivity contribution in [1.29, 1.82) is 0 Å². The summed E-state index contributed by atoms with van der Waals surface area (Å²) >= 11 is 0. The summed E-state index contributed by atoms with van der Waals surface area (Å²) < 4.78 is 1.74. The van der Waals surface area contributed by atoms with E-state index in [1.807, 2.05) is 42.6 Å². The Hall–Kier alpha value is -2.13. The summed E-state index contributed by atoms with van der Waals surface area (Å²) in [5.74, 6) is 0. The first kappa shape index (κ1) is 11.0. The van der Waals surface area contributed by atoms with E-state index in [4.69, 9.17) is 0 Å². The molecule has 1 atom stereocenters. The van der Waals surface area contributed by atoms with E-state index in [-0.39, 0.29) is 0 Å². The van der Waals surface area contributed by atoms with Crippen molar-refractivity contribution in [1.82, 2.24) is 9.78 Å². The van der Waals surface area contributed by atoms with Crippen molar-refractivity contribution in [2.75, 3.05) is 0 Å². The van der Waals surface area contributed by atoms with Gasteiger partial charge in [-0.25, -0.2) is 0 Å². The van der Waals surface area contributed by atoms with Crippen molar-refractivity contribution in [3.8, 4) is 0 Å². The molecule has 0 bridgehead atoms. The van der Waals surface area contributed by atoms with Gasteiger partial charge in [0.2, 0.25) is 0 Å². The molecule has 1 aromatic heterocycles. The highest BCUT2D eigenvalue weighted by Gasteiger charge is 2.08. The number of hydrogen-bond acceptors (Lipinski definition) is 2. The highest BCUT2D eigenvalue weighted by atomic mass is 16.3. The van der Waals surface area contributed by atoms with Gasteiger partial charge in [0.05, 0.1) is 12.6 Å². The molecule has 90 valence electrons. The van der Waals surface area contributed by atoms with Gasteiger partial charge in [-0.2, -0.15) is 5.10 Å². The SMILES string of the molecule is O[C@H](Cn1cccn1)c1ccc2ccccc2c1. The maximum Gasteiger partial charge on any atom is 0.0986 e.